The molecule has 0 aliphatic carbocycles. The van der Waals surface area contributed by atoms with E-state index in [-0.39, 0.29) is 11.1 Å². The van der Waals surface area contributed by atoms with E-state index in [2.05, 4.69) is 4.74 Å². The molecule has 0 bridgehead atoms. The van der Waals surface area contributed by atoms with Gasteiger partial charge in [0, 0.05) is 12.3 Å². The number of esters is 1. The number of nitrogens with zero attached hydrogens (tertiary/aromatic N) is 1. The first kappa shape index (κ1) is 12.1. The lowest BCUT2D eigenvalue weighted by Gasteiger charge is -2.06. The molecule has 92 valence electrons. The fourth-order valence-electron chi connectivity index (χ4n) is 1.66. The van der Waals surface area contributed by atoms with Crippen molar-refractivity contribution < 1.29 is 9.53 Å². The minimum Gasteiger partial charge on any atom is -0.465 e. The number of benzene rings is 1. The third-order valence-electron chi connectivity index (χ3n) is 2.61. The van der Waals surface area contributed by atoms with Crippen molar-refractivity contribution >= 4 is 5.97 Å². The van der Waals surface area contributed by atoms with Crippen LogP contribution in [0.1, 0.15) is 15.9 Å². The summed E-state index contributed by atoms with van der Waals surface area (Å²) in [5.74, 6) is -0.501. The van der Waals surface area contributed by atoms with Crippen LogP contribution >= 0.6 is 0 Å². The van der Waals surface area contributed by atoms with E-state index < -0.39 is 5.97 Å². The average Bonchev–Trinajstić information content (AvgIpc) is 2.41. The van der Waals surface area contributed by atoms with Gasteiger partial charge in [0.25, 0.3) is 5.56 Å². The third kappa shape index (κ3) is 2.66. The Balaban J connectivity index is 2.26. The van der Waals surface area contributed by atoms with Gasteiger partial charge in [-0.1, -0.05) is 30.3 Å². The number of aromatic nitrogens is 1. The minimum atomic E-state index is -0.501. The first-order valence-electron chi connectivity index (χ1n) is 5.53. The lowest BCUT2D eigenvalue weighted by molar-refractivity contribution is 0.0600. The SMILES string of the molecule is COC(=O)c1ccn(Cc2ccccc2)c(=O)c1. The zero-order valence-electron chi connectivity index (χ0n) is 10.00. The number of pyridine rings is 1. The van der Waals surface area contributed by atoms with Crippen LogP contribution in [0.2, 0.25) is 0 Å². The Kier molecular flexibility index (Phi) is 3.57. The molecule has 1 aromatic heterocycles. The molecule has 0 atom stereocenters. The molecule has 2 rings (SSSR count). The summed E-state index contributed by atoms with van der Waals surface area (Å²) in [4.78, 5) is 23.1. The Hall–Kier alpha value is -2.36. The Morgan fingerprint density at radius 1 is 1.22 bits per heavy atom. The van der Waals surface area contributed by atoms with E-state index in [9.17, 15) is 9.59 Å². The summed E-state index contributed by atoms with van der Waals surface area (Å²) < 4.78 is 6.11. The fourth-order valence-corrected chi connectivity index (χ4v) is 1.66. The smallest absolute Gasteiger partial charge is 0.338 e. The van der Waals surface area contributed by atoms with Crippen LogP contribution in [0.4, 0.5) is 0 Å². The number of methoxy groups -OCH3 is 1. The van der Waals surface area contributed by atoms with Gasteiger partial charge in [-0.15, -0.1) is 0 Å². The number of rotatable bonds is 3. The van der Waals surface area contributed by atoms with Crippen molar-refractivity contribution in [3.05, 3.63) is 70.1 Å². The lowest BCUT2D eigenvalue weighted by atomic mass is 10.2. The highest BCUT2D eigenvalue weighted by Crippen LogP contribution is 2.02. The molecule has 0 aliphatic rings. The van der Waals surface area contributed by atoms with Crippen LogP contribution in [-0.2, 0) is 11.3 Å². The van der Waals surface area contributed by atoms with Crippen LogP contribution in [0.3, 0.4) is 0 Å². The molecular formula is C14H13NO3. The van der Waals surface area contributed by atoms with Gasteiger partial charge in [0.15, 0.2) is 0 Å². The van der Waals surface area contributed by atoms with Crippen molar-refractivity contribution in [2.24, 2.45) is 0 Å². The first-order valence-corrected chi connectivity index (χ1v) is 5.53. The lowest BCUT2D eigenvalue weighted by Crippen LogP contribution is -2.21. The van der Waals surface area contributed by atoms with Crippen LogP contribution in [-0.4, -0.2) is 17.6 Å². The van der Waals surface area contributed by atoms with Gasteiger partial charge < -0.3 is 9.30 Å². The molecule has 0 spiro atoms. The van der Waals surface area contributed by atoms with Gasteiger partial charge in [-0.05, 0) is 11.6 Å². The summed E-state index contributed by atoms with van der Waals surface area (Å²) in [5, 5.41) is 0. The van der Waals surface area contributed by atoms with Gasteiger partial charge in [-0.2, -0.15) is 0 Å². The van der Waals surface area contributed by atoms with Crippen molar-refractivity contribution in [3.63, 3.8) is 0 Å². The van der Waals surface area contributed by atoms with Crippen molar-refractivity contribution in [1.82, 2.24) is 4.57 Å². The number of hydrogen-bond donors (Lipinski definition) is 0. The third-order valence-corrected chi connectivity index (χ3v) is 2.61. The molecule has 0 unspecified atom stereocenters. The average molecular weight is 243 g/mol. The van der Waals surface area contributed by atoms with Crippen molar-refractivity contribution in [2.75, 3.05) is 7.11 Å². The highest BCUT2D eigenvalue weighted by atomic mass is 16.5. The molecule has 0 amide bonds. The van der Waals surface area contributed by atoms with Gasteiger partial charge in [0.2, 0.25) is 0 Å². The molecule has 0 radical (unpaired) electrons. The number of ether oxygens (including phenoxy) is 1. The predicted molar refractivity (Wildman–Crippen MR) is 67.6 cm³/mol. The topological polar surface area (TPSA) is 48.3 Å². The minimum absolute atomic E-state index is 0.221. The molecule has 0 N–H and O–H groups in total. The summed E-state index contributed by atoms with van der Waals surface area (Å²) in [6.07, 6.45) is 1.60. The number of carbonyl (C=O) groups excluding carboxylic acids is 1. The molecule has 18 heavy (non-hydrogen) atoms. The van der Waals surface area contributed by atoms with Gasteiger partial charge in [0.1, 0.15) is 0 Å². The molecule has 1 aromatic carbocycles. The standard InChI is InChI=1S/C14H13NO3/c1-18-14(17)12-7-8-15(13(16)9-12)10-11-5-3-2-4-6-11/h2-9H,10H2,1H3. The molecule has 0 saturated carbocycles. The molecule has 0 aliphatic heterocycles. The van der Waals surface area contributed by atoms with E-state index in [4.69, 9.17) is 0 Å². The van der Waals surface area contributed by atoms with Crippen LogP contribution < -0.4 is 5.56 Å². The second-order valence-corrected chi connectivity index (χ2v) is 3.86. The molecular weight excluding hydrogens is 230 g/mol. The van der Waals surface area contributed by atoms with Gasteiger partial charge in [-0.3, -0.25) is 4.79 Å². The number of hydrogen-bond acceptors (Lipinski definition) is 3. The Morgan fingerprint density at radius 2 is 1.94 bits per heavy atom. The van der Waals surface area contributed by atoms with E-state index in [1.807, 2.05) is 30.3 Å². The fraction of sp³-hybridized carbons (Fsp3) is 0.143. The van der Waals surface area contributed by atoms with Crippen LogP contribution in [0.5, 0.6) is 0 Å². The zero-order valence-corrected chi connectivity index (χ0v) is 10.00. The van der Waals surface area contributed by atoms with Gasteiger partial charge in [-0.25, -0.2) is 4.79 Å². The normalized spacial score (nSPS) is 10.1. The largest absolute Gasteiger partial charge is 0.465 e. The van der Waals surface area contributed by atoms with E-state index >= 15 is 0 Å². The summed E-state index contributed by atoms with van der Waals surface area (Å²) >= 11 is 0. The highest BCUT2D eigenvalue weighted by Gasteiger charge is 2.07. The number of carbonyl (C=O) groups is 1. The quantitative estimate of drug-likeness (QED) is 0.771. The van der Waals surface area contributed by atoms with E-state index in [1.165, 1.54) is 13.2 Å². The maximum Gasteiger partial charge on any atom is 0.338 e. The summed E-state index contributed by atoms with van der Waals surface area (Å²) in [5.41, 5.74) is 1.08. The van der Waals surface area contributed by atoms with Gasteiger partial charge in [0.05, 0.1) is 19.2 Å². The molecule has 4 heteroatoms. The summed E-state index contributed by atoms with van der Waals surface area (Å²) in [7, 11) is 1.29. The first-order chi connectivity index (χ1) is 8.70. The maximum atomic E-state index is 11.8. The van der Waals surface area contributed by atoms with Gasteiger partial charge >= 0.3 is 5.97 Å². The molecule has 0 fully saturated rings. The van der Waals surface area contributed by atoms with Crippen LogP contribution in [0, 0.1) is 0 Å². The van der Waals surface area contributed by atoms with Crippen molar-refractivity contribution in [1.29, 1.82) is 0 Å². The van der Waals surface area contributed by atoms with Crippen molar-refractivity contribution in [3.8, 4) is 0 Å². The van der Waals surface area contributed by atoms with E-state index in [0.29, 0.717) is 6.54 Å². The Labute approximate surface area is 104 Å². The van der Waals surface area contributed by atoms with E-state index in [1.54, 1.807) is 16.8 Å². The predicted octanol–water partition coefficient (Wildman–Crippen LogP) is 1.68. The monoisotopic (exact) mass is 243 g/mol. The molecule has 1 heterocycles. The maximum absolute atomic E-state index is 11.8. The second kappa shape index (κ2) is 5.31. The molecule has 4 nitrogen and oxygen atoms in total. The molecule has 2 aromatic rings. The molecule has 0 saturated heterocycles. The van der Waals surface area contributed by atoms with E-state index in [0.717, 1.165) is 5.56 Å². The Bertz CT molecular complexity index is 602. The van der Waals surface area contributed by atoms with Crippen molar-refractivity contribution in [2.45, 2.75) is 6.54 Å². The summed E-state index contributed by atoms with van der Waals surface area (Å²) in [6, 6.07) is 12.5. The van der Waals surface area contributed by atoms with Crippen LogP contribution in [0.25, 0.3) is 0 Å². The van der Waals surface area contributed by atoms with Crippen LogP contribution in [0.15, 0.2) is 53.5 Å². The Morgan fingerprint density at radius 3 is 2.56 bits per heavy atom. The highest BCUT2D eigenvalue weighted by molar-refractivity contribution is 5.88. The second-order valence-electron chi connectivity index (χ2n) is 3.86. The zero-order chi connectivity index (χ0) is 13.0. The summed E-state index contributed by atoms with van der Waals surface area (Å²) in [6.45, 7) is 0.487.